The molecule has 0 radical (unpaired) electrons. The third-order valence-electron chi connectivity index (χ3n) is 4.32. The van der Waals surface area contributed by atoms with Gasteiger partial charge in [0.05, 0.1) is 11.6 Å². The second-order valence-electron chi connectivity index (χ2n) is 6.25. The van der Waals surface area contributed by atoms with Gasteiger partial charge in [0.1, 0.15) is 5.82 Å². The fourth-order valence-corrected chi connectivity index (χ4v) is 3.11. The number of amides is 2. The molecule has 2 aromatic heterocycles. The average molecular weight is 338 g/mol. The molecule has 0 saturated heterocycles. The molecule has 0 bridgehead atoms. The van der Waals surface area contributed by atoms with E-state index in [1.54, 1.807) is 12.3 Å². The van der Waals surface area contributed by atoms with Crippen molar-refractivity contribution in [1.29, 1.82) is 0 Å². The average Bonchev–Trinajstić information content (AvgIpc) is 2.61. The van der Waals surface area contributed by atoms with Gasteiger partial charge in [0.25, 0.3) is 0 Å². The summed E-state index contributed by atoms with van der Waals surface area (Å²) >= 11 is 0. The molecule has 130 valence electrons. The van der Waals surface area contributed by atoms with Crippen molar-refractivity contribution in [3.8, 4) is 0 Å². The van der Waals surface area contributed by atoms with E-state index in [1.165, 1.54) is 0 Å². The summed E-state index contributed by atoms with van der Waals surface area (Å²) in [5.74, 6) is 0.0925. The van der Waals surface area contributed by atoms with Crippen LogP contribution in [0.1, 0.15) is 42.1 Å². The number of rotatable bonds is 5. The Morgan fingerprint density at radius 1 is 1.24 bits per heavy atom. The van der Waals surface area contributed by atoms with Gasteiger partial charge in [-0.1, -0.05) is 12.1 Å². The lowest BCUT2D eigenvalue weighted by Gasteiger charge is -2.23. The highest BCUT2D eigenvalue weighted by Gasteiger charge is 2.27. The maximum Gasteiger partial charge on any atom is 0.229 e. The van der Waals surface area contributed by atoms with Crippen molar-refractivity contribution in [2.75, 3.05) is 11.9 Å². The van der Waals surface area contributed by atoms with Gasteiger partial charge in [-0.15, -0.1) is 0 Å². The van der Waals surface area contributed by atoms with Crippen LogP contribution in [0.3, 0.4) is 0 Å². The second-order valence-corrected chi connectivity index (χ2v) is 6.25. The Hall–Kier alpha value is -2.76. The number of anilines is 1. The molecule has 6 heteroatoms. The molecule has 0 aliphatic heterocycles. The zero-order chi connectivity index (χ0) is 17.6. The highest BCUT2D eigenvalue weighted by molar-refractivity contribution is 5.90. The molecule has 1 atom stereocenters. The van der Waals surface area contributed by atoms with Gasteiger partial charge in [-0.25, -0.2) is 4.98 Å². The fourth-order valence-electron chi connectivity index (χ4n) is 3.11. The lowest BCUT2D eigenvalue weighted by Crippen LogP contribution is -2.34. The number of aryl methyl sites for hydroxylation is 2. The van der Waals surface area contributed by atoms with Crippen molar-refractivity contribution >= 4 is 17.6 Å². The number of carbonyl (C=O) groups excluding carboxylic acids is 2. The molecular formula is C19H22N4O2. The van der Waals surface area contributed by atoms with Crippen LogP contribution < -0.4 is 10.6 Å². The van der Waals surface area contributed by atoms with Gasteiger partial charge in [-0.3, -0.25) is 14.6 Å². The van der Waals surface area contributed by atoms with Gasteiger partial charge in [-0.2, -0.15) is 0 Å². The van der Waals surface area contributed by atoms with Gasteiger partial charge < -0.3 is 10.6 Å². The van der Waals surface area contributed by atoms with E-state index in [-0.39, 0.29) is 24.2 Å². The van der Waals surface area contributed by atoms with Crippen molar-refractivity contribution in [3.05, 3.63) is 53.5 Å². The molecule has 0 spiro atoms. The first-order valence-corrected chi connectivity index (χ1v) is 8.58. The van der Waals surface area contributed by atoms with Gasteiger partial charge in [-0.05, 0) is 49.9 Å². The molecule has 2 amide bonds. The maximum atomic E-state index is 12.5. The molecule has 1 aliphatic rings. The van der Waals surface area contributed by atoms with Gasteiger partial charge in [0, 0.05) is 24.9 Å². The lowest BCUT2D eigenvalue weighted by atomic mass is 9.86. The summed E-state index contributed by atoms with van der Waals surface area (Å²) in [6.45, 7) is 2.17. The molecule has 2 aromatic rings. The number of hydrogen-bond donors (Lipinski definition) is 2. The number of nitrogens with one attached hydrogen (secondary N) is 2. The first-order chi connectivity index (χ1) is 12.1. The molecule has 1 aliphatic carbocycles. The van der Waals surface area contributed by atoms with Crippen LogP contribution in [0.2, 0.25) is 0 Å². The highest BCUT2D eigenvalue weighted by Crippen LogP contribution is 2.29. The summed E-state index contributed by atoms with van der Waals surface area (Å²) < 4.78 is 0. The molecular weight excluding hydrogens is 316 g/mol. The molecule has 2 heterocycles. The van der Waals surface area contributed by atoms with Crippen LogP contribution in [-0.4, -0.2) is 28.3 Å². The minimum Gasteiger partial charge on any atom is -0.355 e. The zero-order valence-electron chi connectivity index (χ0n) is 14.3. The normalized spacial score (nSPS) is 16.0. The van der Waals surface area contributed by atoms with Crippen LogP contribution in [0.25, 0.3) is 0 Å². The van der Waals surface area contributed by atoms with Crippen molar-refractivity contribution in [1.82, 2.24) is 15.3 Å². The van der Waals surface area contributed by atoms with E-state index in [1.807, 2.05) is 31.2 Å². The fraction of sp³-hybridized carbons (Fsp3) is 0.368. The predicted molar refractivity (Wildman–Crippen MR) is 95.1 cm³/mol. The molecule has 0 aromatic carbocycles. The summed E-state index contributed by atoms with van der Waals surface area (Å²) in [7, 11) is 0. The Balaban J connectivity index is 1.49. The summed E-state index contributed by atoms with van der Waals surface area (Å²) in [6.07, 6.45) is 4.69. The van der Waals surface area contributed by atoms with E-state index in [4.69, 9.17) is 0 Å². The molecule has 3 rings (SSSR count). The number of aromatic nitrogens is 2. The van der Waals surface area contributed by atoms with Crippen LogP contribution >= 0.6 is 0 Å². The van der Waals surface area contributed by atoms with E-state index in [0.29, 0.717) is 12.4 Å². The number of hydrogen-bond acceptors (Lipinski definition) is 4. The maximum absolute atomic E-state index is 12.5. The molecule has 25 heavy (non-hydrogen) atoms. The molecule has 0 fully saturated rings. The Labute approximate surface area is 147 Å². The second kappa shape index (κ2) is 7.88. The van der Waals surface area contributed by atoms with Gasteiger partial charge in [0.15, 0.2) is 0 Å². The molecule has 1 unspecified atom stereocenters. The number of fused-ring (bicyclic) bond motifs is 1. The minimum atomic E-state index is -0.216. The third-order valence-corrected chi connectivity index (χ3v) is 4.32. The highest BCUT2D eigenvalue weighted by atomic mass is 16.2. The molecule has 6 nitrogen and oxygen atoms in total. The van der Waals surface area contributed by atoms with E-state index in [2.05, 4.69) is 20.6 Å². The van der Waals surface area contributed by atoms with Crippen molar-refractivity contribution in [3.63, 3.8) is 0 Å². The van der Waals surface area contributed by atoms with Crippen molar-refractivity contribution < 1.29 is 9.59 Å². The molecule has 0 saturated carbocycles. The number of nitrogens with zero attached hydrogens (tertiary/aromatic N) is 2. The first-order valence-electron chi connectivity index (χ1n) is 8.58. The Kier molecular flexibility index (Phi) is 5.38. The smallest absolute Gasteiger partial charge is 0.229 e. The van der Waals surface area contributed by atoms with E-state index in [0.717, 1.165) is 36.2 Å². The number of carbonyl (C=O) groups is 2. The Bertz CT molecular complexity index is 776. The van der Waals surface area contributed by atoms with Crippen LogP contribution in [-0.2, 0) is 16.0 Å². The standard InChI is InChI=1S/C19H22N4O2/c1-13-5-2-9-16(22-13)23-17(24)10-12-21-19(25)15-8-3-6-14-7-4-11-20-18(14)15/h2,4-5,7,9,11,15H,3,6,8,10,12H2,1H3,(H,21,25)(H,22,23,24). The predicted octanol–water partition coefficient (Wildman–Crippen LogP) is 2.35. The summed E-state index contributed by atoms with van der Waals surface area (Å²) in [5, 5.41) is 5.60. The number of pyridine rings is 2. The minimum absolute atomic E-state index is 0.0545. The monoisotopic (exact) mass is 338 g/mol. The van der Waals surface area contributed by atoms with Crippen molar-refractivity contribution in [2.45, 2.75) is 38.5 Å². The van der Waals surface area contributed by atoms with Crippen LogP contribution in [0.15, 0.2) is 36.5 Å². The Morgan fingerprint density at radius 2 is 2.12 bits per heavy atom. The van der Waals surface area contributed by atoms with Crippen LogP contribution in [0, 0.1) is 6.92 Å². The Morgan fingerprint density at radius 3 is 2.96 bits per heavy atom. The van der Waals surface area contributed by atoms with Gasteiger partial charge in [0.2, 0.25) is 11.8 Å². The summed E-state index contributed by atoms with van der Waals surface area (Å²) in [5.41, 5.74) is 2.87. The largest absolute Gasteiger partial charge is 0.355 e. The zero-order valence-corrected chi connectivity index (χ0v) is 14.3. The third kappa shape index (κ3) is 4.41. The van der Waals surface area contributed by atoms with E-state index in [9.17, 15) is 9.59 Å². The molecule has 2 N–H and O–H groups in total. The van der Waals surface area contributed by atoms with Crippen LogP contribution in [0.4, 0.5) is 5.82 Å². The van der Waals surface area contributed by atoms with E-state index >= 15 is 0 Å². The quantitative estimate of drug-likeness (QED) is 0.876. The summed E-state index contributed by atoms with van der Waals surface area (Å²) in [6, 6.07) is 9.39. The van der Waals surface area contributed by atoms with Crippen LogP contribution in [0.5, 0.6) is 0 Å². The first kappa shape index (κ1) is 17.1. The SMILES string of the molecule is Cc1cccc(NC(=O)CCNC(=O)C2CCCc3cccnc32)n1. The van der Waals surface area contributed by atoms with Crippen molar-refractivity contribution in [2.24, 2.45) is 0 Å². The van der Waals surface area contributed by atoms with Gasteiger partial charge >= 0.3 is 0 Å². The summed E-state index contributed by atoms with van der Waals surface area (Å²) in [4.78, 5) is 33.0. The lowest BCUT2D eigenvalue weighted by molar-refractivity contribution is -0.123. The van der Waals surface area contributed by atoms with E-state index < -0.39 is 0 Å². The topological polar surface area (TPSA) is 84.0 Å².